The summed E-state index contributed by atoms with van der Waals surface area (Å²) in [5, 5.41) is 23.6. The van der Waals surface area contributed by atoms with Gasteiger partial charge in [-0.25, -0.2) is 0 Å². The predicted octanol–water partition coefficient (Wildman–Crippen LogP) is 3.86. The molecule has 1 heterocycles. The van der Waals surface area contributed by atoms with E-state index < -0.39 is 6.10 Å². The van der Waals surface area contributed by atoms with Crippen molar-refractivity contribution in [3.05, 3.63) is 63.6 Å². The monoisotopic (exact) mass is 433 g/mol. The zero-order valence-corrected chi connectivity index (χ0v) is 17.7. The number of hydrogen-bond acceptors (Lipinski definition) is 5. The van der Waals surface area contributed by atoms with Crippen LogP contribution in [0.25, 0.3) is 0 Å². The lowest BCUT2D eigenvalue weighted by Crippen LogP contribution is -2.45. The molecule has 1 aliphatic heterocycles. The Bertz CT molecular complexity index is 831. The van der Waals surface area contributed by atoms with Gasteiger partial charge in [0.25, 0.3) is 0 Å². The van der Waals surface area contributed by atoms with Crippen molar-refractivity contribution in [3.63, 3.8) is 0 Å². The number of nitrogens with zero attached hydrogens (tertiary/aromatic N) is 2. The van der Waals surface area contributed by atoms with E-state index in [0.29, 0.717) is 33.9 Å². The van der Waals surface area contributed by atoms with Crippen LogP contribution in [0.15, 0.2) is 42.5 Å². The smallest absolute Gasteiger partial charge is 0.119 e. The molecule has 1 fully saturated rings. The van der Waals surface area contributed by atoms with Crippen LogP contribution >= 0.6 is 23.2 Å². The molecule has 0 unspecified atom stereocenters. The molecule has 154 valence electrons. The normalized spacial score (nSPS) is 16.3. The van der Waals surface area contributed by atoms with Gasteiger partial charge in [-0.15, -0.1) is 0 Å². The fourth-order valence-corrected chi connectivity index (χ4v) is 3.69. The van der Waals surface area contributed by atoms with E-state index in [2.05, 4.69) is 16.3 Å². The van der Waals surface area contributed by atoms with Crippen LogP contribution in [-0.2, 0) is 6.54 Å². The number of ether oxygens (including phenoxy) is 1. The lowest BCUT2D eigenvalue weighted by atomic mass is 10.0. The topological polar surface area (TPSA) is 68.5 Å². The van der Waals surface area contributed by atoms with Gasteiger partial charge in [0, 0.05) is 19.1 Å². The molecule has 2 N–H and O–H groups in total. The van der Waals surface area contributed by atoms with Crippen molar-refractivity contribution in [2.45, 2.75) is 31.5 Å². The van der Waals surface area contributed by atoms with Crippen LogP contribution in [0.4, 0.5) is 0 Å². The predicted molar refractivity (Wildman–Crippen MR) is 115 cm³/mol. The molecule has 3 rings (SSSR count). The van der Waals surface area contributed by atoms with Crippen LogP contribution in [-0.4, -0.2) is 48.4 Å². The van der Waals surface area contributed by atoms with E-state index in [-0.39, 0.29) is 6.61 Å². The Kier molecular flexibility index (Phi) is 8.17. The first-order chi connectivity index (χ1) is 14.0. The molecule has 0 radical (unpaired) electrons. The number of nitrogens with one attached hydrogen (secondary N) is 1. The molecular formula is C22H25Cl2N3O2. The van der Waals surface area contributed by atoms with Crippen molar-refractivity contribution >= 4 is 23.2 Å². The van der Waals surface area contributed by atoms with Crippen LogP contribution in [0, 0.1) is 11.3 Å². The van der Waals surface area contributed by atoms with Gasteiger partial charge in [-0.1, -0.05) is 29.3 Å². The van der Waals surface area contributed by atoms with E-state index in [1.807, 2.05) is 18.2 Å². The Balaban J connectivity index is 1.33. The maximum absolute atomic E-state index is 10.2. The van der Waals surface area contributed by atoms with E-state index in [4.69, 9.17) is 33.2 Å². The highest BCUT2D eigenvalue weighted by molar-refractivity contribution is 6.42. The molecular weight excluding hydrogens is 409 g/mol. The summed E-state index contributed by atoms with van der Waals surface area (Å²) < 4.78 is 5.58. The summed E-state index contributed by atoms with van der Waals surface area (Å²) in [5.41, 5.74) is 1.76. The van der Waals surface area contributed by atoms with E-state index in [9.17, 15) is 5.11 Å². The molecule has 2 aromatic rings. The van der Waals surface area contributed by atoms with Crippen LogP contribution in [0.3, 0.4) is 0 Å². The number of piperidine rings is 1. The summed E-state index contributed by atoms with van der Waals surface area (Å²) in [6.07, 6.45) is 1.48. The number of aliphatic hydroxyl groups excluding tert-OH is 1. The summed E-state index contributed by atoms with van der Waals surface area (Å²) in [7, 11) is 0. The third kappa shape index (κ3) is 6.88. The minimum atomic E-state index is -0.583. The summed E-state index contributed by atoms with van der Waals surface area (Å²) in [6.45, 7) is 3.57. The number of benzene rings is 2. The van der Waals surface area contributed by atoms with Crippen molar-refractivity contribution < 1.29 is 9.84 Å². The van der Waals surface area contributed by atoms with E-state index in [1.54, 1.807) is 24.3 Å². The second-order valence-electron chi connectivity index (χ2n) is 7.31. The second kappa shape index (κ2) is 10.8. The third-order valence-electron chi connectivity index (χ3n) is 5.05. The first-order valence-electron chi connectivity index (χ1n) is 9.74. The Morgan fingerprint density at radius 2 is 1.86 bits per heavy atom. The van der Waals surface area contributed by atoms with E-state index in [0.717, 1.165) is 32.5 Å². The summed E-state index contributed by atoms with van der Waals surface area (Å²) in [6, 6.07) is 15.1. The Labute approximate surface area is 181 Å². The van der Waals surface area contributed by atoms with Gasteiger partial charge < -0.3 is 15.2 Å². The lowest BCUT2D eigenvalue weighted by molar-refractivity contribution is 0.0979. The zero-order valence-electron chi connectivity index (χ0n) is 16.2. The molecule has 0 aliphatic carbocycles. The van der Waals surface area contributed by atoms with Crippen LogP contribution in [0.2, 0.25) is 10.0 Å². The molecule has 29 heavy (non-hydrogen) atoms. The first kappa shape index (κ1) is 21.9. The van der Waals surface area contributed by atoms with Gasteiger partial charge in [-0.3, -0.25) is 4.90 Å². The molecule has 0 bridgehead atoms. The summed E-state index contributed by atoms with van der Waals surface area (Å²) in [5.74, 6) is 0.652. The van der Waals surface area contributed by atoms with Crippen molar-refractivity contribution in [1.29, 1.82) is 5.26 Å². The Morgan fingerprint density at radius 3 is 2.52 bits per heavy atom. The zero-order chi connectivity index (χ0) is 20.6. The van der Waals surface area contributed by atoms with Gasteiger partial charge >= 0.3 is 0 Å². The molecule has 0 saturated carbocycles. The molecule has 0 amide bonds. The molecule has 1 atom stereocenters. The highest BCUT2D eigenvalue weighted by Crippen LogP contribution is 2.24. The highest BCUT2D eigenvalue weighted by Gasteiger charge is 2.20. The first-order valence-corrected chi connectivity index (χ1v) is 10.5. The molecule has 1 aliphatic rings. The number of likely N-dealkylation sites (tertiary alicyclic amines) is 1. The summed E-state index contributed by atoms with van der Waals surface area (Å²) in [4.78, 5) is 2.40. The summed E-state index contributed by atoms with van der Waals surface area (Å²) >= 11 is 12.1. The van der Waals surface area contributed by atoms with E-state index in [1.165, 1.54) is 5.56 Å². The quantitative estimate of drug-likeness (QED) is 0.661. The molecule has 7 heteroatoms. The van der Waals surface area contributed by atoms with Crippen molar-refractivity contribution in [2.24, 2.45) is 0 Å². The molecule has 5 nitrogen and oxygen atoms in total. The molecule has 1 saturated heterocycles. The van der Waals surface area contributed by atoms with Crippen LogP contribution in [0.5, 0.6) is 5.75 Å². The van der Waals surface area contributed by atoms with Gasteiger partial charge in [-0.05, 0) is 67.9 Å². The minimum Gasteiger partial charge on any atom is -0.491 e. The fourth-order valence-electron chi connectivity index (χ4n) is 3.37. The van der Waals surface area contributed by atoms with Crippen molar-refractivity contribution in [1.82, 2.24) is 10.2 Å². The Morgan fingerprint density at radius 1 is 1.14 bits per heavy atom. The SMILES string of the molecule is N#Cc1ccc(OC[C@@H](O)CNC2CCN(Cc3ccc(Cl)c(Cl)c3)CC2)cc1. The fraction of sp³-hybridized carbons (Fsp3) is 0.409. The third-order valence-corrected chi connectivity index (χ3v) is 5.78. The number of nitriles is 1. The number of aliphatic hydroxyl groups is 1. The molecule has 0 aromatic heterocycles. The van der Waals surface area contributed by atoms with Crippen molar-refractivity contribution in [2.75, 3.05) is 26.2 Å². The van der Waals surface area contributed by atoms with Gasteiger partial charge in [0.1, 0.15) is 18.5 Å². The number of rotatable bonds is 8. The molecule has 2 aromatic carbocycles. The van der Waals surface area contributed by atoms with E-state index >= 15 is 0 Å². The minimum absolute atomic E-state index is 0.217. The maximum atomic E-state index is 10.2. The lowest BCUT2D eigenvalue weighted by Gasteiger charge is -2.33. The second-order valence-corrected chi connectivity index (χ2v) is 8.12. The van der Waals surface area contributed by atoms with Crippen LogP contribution < -0.4 is 10.1 Å². The Hall–Kier alpha value is -1.81. The van der Waals surface area contributed by atoms with Gasteiger partial charge in [0.2, 0.25) is 0 Å². The largest absolute Gasteiger partial charge is 0.491 e. The number of halogens is 2. The number of hydrogen-bond donors (Lipinski definition) is 2. The van der Waals surface area contributed by atoms with Crippen LogP contribution in [0.1, 0.15) is 24.0 Å². The van der Waals surface area contributed by atoms with Crippen molar-refractivity contribution in [3.8, 4) is 11.8 Å². The van der Waals surface area contributed by atoms with Gasteiger partial charge in [-0.2, -0.15) is 5.26 Å². The standard InChI is InChI=1S/C22H25Cl2N3O2/c23-21-6-3-17(11-22(21)24)14-27-9-7-18(8-10-27)26-13-19(28)15-29-20-4-1-16(12-25)2-5-20/h1-6,11,18-19,26,28H,7-10,13-15H2/t19-/m0/s1. The average Bonchev–Trinajstić information content (AvgIpc) is 2.74. The van der Waals surface area contributed by atoms with Gasteiger partial charge in [0.15, 0.2) is 0 Å². The highest BCUT2D eigenvalue weighted by atomic mass is 35.5. The molecule has 0 spiro atoms. The van der Waals surface area contributed by atoms with Gasteiger partial charge in [0.05, 0.1) is 21.7 Å². The average molecular weight is 434 g/mol. The maximum Gasteiger partial charge on any atom is 0.119 e.